The SMILES string of the molecule is CCNC(=NCC(c1ccccc1)N1CCOCC1)NC1CCc2nc(COC)nn2C1. The molecule has 2 aliphatic heterocycles. The van der Waals surface area contributed by atoms with Crippen LogP contribution in [0.15, 0.2) is 35.3 Å². The first-order valence-corrected chi connectivity index (χ1v) is 11.6. The zero-order valence-corrected chi connectivity index (χ0v) is 19.2. The van der Waals surface area contributed by atoms with Gasteiger partial charge >= 0.3 is 0 Å². The number of fused-ring (bicyclic) bond motifs is 1. The highest BCUT2D eigenvalue weighted by atomic mass is 16.5. The van der Waals surface area contributed by atoms with Crippen molar-refractivity contribution in [3.8, 4) is 0 Å². The lowest BCUT2D eigenvalue weighted by Crippen LogP contribution is -2.47. The Morgan fingerprint density at radius 2 is 2.09 bits per heavy atom. The summed E-state index contributed by atoms with van der Waals surface area (Å²) in [7, 11) is 1.67. The number of aromatic nitrogens is 3. The van der Waals surface area contributed by atoms with Gasteiger partial charge in [0.1, 0.15) is 12.4 Å². The number of aliphatic imine (C=N–C) groups is 1. The molecule has 32 heavy (non-hydrogen) atoms. The van der Waals surface area contributed by atoms with Gasteiger partial charge in [-0.1, -0.05) is 30.3 Å². The molecule has 1 saturated heterocycles. The number of ether oxygens (including phenoxy) is 2. The lowest BCUT2D eigenvalue weighted by molar-refractivity contribution is 0.0179. The Balaban J connectivity index is 1.44. The Morgan fingerprint density at radius 3 is 2.84 bits per heavy atom. The van der Waals surface area contributed by atoms with Crippen LogP contribution >= 0.6 is 0 Å². The molecule has 9 heteroatoms. The van der Waals surface area contributed by atoms with Crippen LogP contribution in [0.5, 0.6) is 0 Å². The minimum Gasteiger partial charge on any atom is -0.379 e. The van der Waals surface area contributed by atoms with Crippen LogP contribution in [0.2, 0.25) is 0 Å². The summed E-state index contributed by atoms with van der Waals surface area (Å²) in [5.74, 6) is 2.64. The maximum Gasteiger partial charge on any atom is 0.191 e. The molecular formula is C23H35N7O2. The van der Waals surface area contributed by atoms with E-state index < -0.39 is 0 Å². The first kappa shape index (κ1) is 22.7. The van der Waals surface area contributed by atoms with Crippen LogP contribution in [-0.4, -0.2) is 78.2 Å². The van der Waals surface area contributed by atoms with Crippen molar-refractivity contribution in [3.05, 3.63) is 47.5 Å². The number of methoxy groups -OCH3 is 1. The highest BCUT2D eigenvalue weighted by Crippen LogP contribution is 2.22. The topological polar surface area (TPSA) is 88.8 Å². The molecule has 4 rings (SSSR count). The second-order valence-electron chi connectivity index (χ2n) is 8.23. The number of nitrogens with one attached hydrogen (secondary N) is 2. The van der Waals surface area contributed by atoms with E-state index in [1.54, 1.807) is 7.11 Å². The van der Waals surface area contributed by atoms with Gasteiger partial charge in [-0.3, -0.25) is 9.89 Å². The Hall–Kier alpha value is -2.49. The molecule has 0 radical (unpaired) electrons. The number of hydrogen-bond donors (Lipinski definition) is 2. The van der Waals surface area contributed by atoms with Crippen LogP contribution in [0.25, 0.3) is 0 Å². The summed E-state index contributed by atoms with van der Waals surface area (Å²) in [4.78, 5) is 12.0. The minimum absolute atomic E-state index is 0.237. The molecule has 0 aliphatic carbocycles. The van der Waals surface area contributed by atoms with Crippen LogP contribution in [0.4, 0.5) is 0 Å². The number of aryl methyl sites for hydroxylation is 1. The van der Waals surface area contributed by atoms with Gasteiger partial charge in [0, 0.05) is 39.2 Å². The normalized spacial score (nSPS) is 20.6. The molecule has 0 saturated carbocycles. The van der Waals surface area contributed by atoms with Crippen LogP contribution in [0.3, 0.4) is 0 Å². The third kappa shape index (κ3) is 5.85. The van der Waals surface area contributed by atoms with Crippen molar-refractivity contribution in [3.63, 3.8) is 0 Å². The van der Waals surface area contributed by atoms with Crippen LogP contribution in [0.1, 0.15) is 36.6 Å². The highest BCUT2D eigenvalue weighted by molar-refractivity contribution is 5.80. The van der Waals surface area contributed by atoms with E-state index in [2.05, 4.69) is 62.9 Å². The van der Waals surface area contributed by atoms with Crippen molar-refractivity contribution in [1.82, 2.24) is 30.3 Å². The quantitative estimate of drug-likeness (QED) is 0.472. The predicted octanol–water partition coefficient (Wildman–Crippen LogP) is 1.37. The summed E-state index contributed by atoms with van der Waals surface area (Å²) in [5.41, 5.74) is 1.30. The second-order valence-corrected chi connectivity index (χ2v) is 8.23. The number of nitrogens with zero attached hydrogens (tertiary/aromatic N) is 5. The number of hydrogen-bond acceptors (Lipinski definition) is 6. The Kier molecular flexibility index (Phi) is 8.08. The second kappa shape index (κ2) is 11.4. The predicted molar refractivity (Wildman–Crippen MR) is 124 cm³/mol. The lowest BCUT2D eigenvalue weighted by atomic mass is 10.0. The third-order valence-corrected chi connectivity index (χ3v) is 5.95. The van der Waals surface area contributed by atoms with E-state index in [1.807, 2.05) is 4.68 Å². The molecule has 1 fully saturated rings. The first-order valence-electron chi connectivity index (χ1n) is 11.6. The molecule has 2 aliphatic rings. The molecule has 0 bridgehead atoms. The number of morpholine rings is 1. The average molecular weight is 442 g/mol. The fraction of sp³-hybridized carbons (Fsp3) is 0.609. The summed E-state index contributed by atoms with van der Waals surface area (Å²) in [5, 5.41) is 11.6. The molecule has 2 N–H and O–H groups in total. The largest absolute Gasteiger partial charge is 0.379 e. The minimum atomic E-state index is 0.237. The van der Waals surface area contributed by atoms with Crippen LogP contribution in [-0.2, 0) is 29.0 Å². The van der Waals surface area contributed by atoms with Gasteiger partial charge in [0.05, 0.1) is 32.3 Å². The van der Waals surface area contributed by atoms with Crippen molar-refractivity contribution in [1.29, 1.82) is 0 Å². The Bertz CT molecular complexity index is 864. The summed E-state index contributed by atoms with van der Waals surface area (Å²) < 4.78 is 12.7. The molecule has 0 amide bonds. The third-order valence-electron chi connectivity index (χ3n) is 5.95. The van der Waals surface area contributed by atoms with Crippen molar-refractivity contribution in [2.75, 3.05) is 46.5 Å². The summed E-state index contributed by atoms with van der Waals surface area (Å²) in [6.07, 6.45) is 1.90. The molecule has 0 spiro atoms. The van der Waals surface area contributed by atoms with Gasteiger partial charge in [0.15, 0.2) is 11.8 Å². The van der Waals surface area contributed by atoms with Gasteiger partial charge in [-0.05, 0) is 18.9 Å². The summed E-state index contributed by atoms with van der Waals surface area (Å²) in [6, 6.07) is 11.2. The molecule has 1 aromatic carbocycles. The number of guanidine groups is 1. The van der Waals surface area contributed by atoms with Gasteiger partial charge < -0.3 is 20.1 Å². The zero-order chi connectivity index (χ0) is 22.2. The van der Waals surface area contributed by atoms with E-state index in [9.17, 15) is 0 Å². The molecule has 1 aromatic heterocycles. The molecular weight excluding hydrogens is 406 g/mol. The Morgan fingerprint density at radius 1 is 1.28 bits per heavy atom. The van der Waals surface area contributed by atoms with Crippen molar-refractivity contribution < 1.29 is 9.47 Å². The van der Waals surface area contributed by atoms with Gasteiger partial charge in [0.25, 0.3) is 0 Å². The fourth-order valence-corrected chi connectivity index (χ4v) is 4.36. The summed E-state index contributed by atoms with van der Waals surface area (Å²) in [6.45, 7) is 8.25. The zero-order valence-electron chi connectivity index (χ0n) is 19.2. The van der Waals surface area contributed by atoms with Crippen LogP contribution in [0, 0.1) is 0 Å². The van der Waals surface area contributed by atoms with Gasteiger partial charge in [-0.2, -0.15) is 5.10 Å². The van der Waals surface area contributed by atoms with Crippen LogP contribution < -0.4 is 10.6 Å². The average Bonchev–Trinajstić information content (AvgIpc) is 3.23. The molecule has 3 heterocycles. The van der Waals surface area contributed by atoms with Crippen molar-refractivity contribution in [2.45, 2.75) is 45.0 Å². The summed E-state index contributed by atoms with van der Waals surface area (Å²) >= 11 is 0. The fourth-order valence-electron chi connectivity index (χ4n) is 4.36. The molecule has 174 valence electrons. The lowest BCUT2D eigenvalue weighted by Gasteiger charge is -2.34. The highest BCUT2D eigenvalue weighted by Gasteiger charge is 2.24. The maximum atomic E-state index is 5.57. The number of benzene rings is 1. The van der Waals surface area contributed by atoms with Crippen molar-refractivity contribution in [2.24, 2.45) is 4.99 Å². The molecule has 2 unspecified atom stereocenters. The maximum absolute atomic E-state index is 5.57. The monoisotopic (exact) mass is 441 g/mol. The van der Waals surface area contributed by atoms with E-state index in [4.69, 9.17) is 14.5 Å². The first-order chi connectivity index (χ1) is 15.8. The van der Waals surface area contributed by atoms with E-state index in [-0.39, 0.29) is 12.1 Å². The van der Waals surface area contributed by atoms with E-state index >= 15 is 0 Å². The van der Waals surface area contributed by atoms with E-state index in [0.29, 0.717) is 13.2 Å². The Labute approximate surface area is 190 Å². The smallest absolute Gasteiger partial charge is 0.191 e. The van der Waals surface area contributed by atoms with E-state index in [1.165, 1.54) is 5.56 Å². The molecule has 9 nitrogen and oxygen atoms in total. The molecule has 2 aromatic rings. The standard InChI is InChI=1S/C23H35N7O2/c1-3-24-23(26-19-9-10-22-27-21(17-31-2)28-30(22)16-19)25-15-20(18-7-5-4-6-8-18)29-11-13-32-14-12-29/h4-8,19-20H,3,9-17H2,1-2H3,(H2,24,25,26). The van der Waals surface area contributed by atoms with Gasteiger partial charge in [-0.25, -0.2) is 9.67 Å². The molecule has 2 atom stereocenters. The number of rotatable bonds is 8. The van der Waals surface area contributed by atoms with Gasteiger partial charge in [-0.15, -0.1) is 0 Å². The van der Waals surface area contributed by atoms with E-state index in [0.717, 1.165) is 69.8 Å². The van der Waals surface area contributed by atoms with Crippen molar-refractivity contribution >= 4 is 5.96 Å². The van der Waals surface area contributed by atoms with Gasteiger partial charge in [0.2, 0.25) is 0 Å².